The van der Waals surface area contributed by atoms with Gasteiger partial charge >= 0.3 is 0 Å². The normalized spacial score (nSPS) is 17.6. The van der Waals surface area contributed by atoms with Gasteiger partial charge in [0.15, 0.2) is 0 Å². The summed E-state index contributed by atoms with van der Waals surface area (Å²) in [5.41, 5.74) is 7.31. The molecule has 1 saturated carbocycles. The van der Waals surface area contributed by atoms with Crippen LogP contribution in [0.3, 0.4) is 0 Å². The van der Waals surface area contributed by atoms with Crippen LogP contribution in [0.1, 0.15) is 26.3 Å². The fraction of sp³-hybridized carbons (Fsp3) is 0.500. The Morgan fingerprint density at radius 3 is 2.36 bits per heavy atom. The molecule has 80 valence electrons. The quantitative estimate of drug-likeness (QED) is 0.533. The lowest BCUT2D eigenvalue weighted by atomic mass is 9.73. The van der Waals surface area contributed by atoms with Crippen molar-refractivity contribution in [3.05, 3.63) is 30.1 Å². The van der Waals surface area contributed by atoms with Crippen LogP contribution in [0.2, 0.25) is 0 Å². The molecule has 4 nitrogen and oxygen atoms in total. The number of pyridine rings is 1. The van der Waals surface area contributed by atoms with Gasteiger partial charge < -0.3 is 5.73 Å². The van der Waals surface area contributed by atoms with Gasteiger partial charge in [0.1, 0.15) is 0 Å². The molecule has 0 aliphatic heterocycles. The molecule has 0 amide bonds. The van der Waals surface area contributed by atoms with Gasteiger partial charge in [-0.1, -0.05) is 0 Å². The smallest absolute Gasteiger partial charge is 0.0710 e. The fourth-order valence-corrected chi connectivity index (χ4v) is 1.53. The Kier molecular flexibility index (Phi) is 4.00. The van der Waals surface area contributed by atoms with Crippen LogP contribution < -0.4 is 5.73 Å². The van der Waals surface area contributed by atoms with E-state index < -0.39 is 0 Å². The lowest BCUT2D eigenvalue weighted by molar-refractivity contribution is -0.214. The van der Waals surface area contributed by atoms with Crippen molar-refractivity contribution in [2.45, 2.75) is 24.8 Å². The molecule has 0 radical (unpaired) electrons. The molecule has 1 aromatic heterocycles. The maximum Gasteiger partial charge on any atom is 0.0710 e. The van der Waals surface area contributed by atoms with Gasteiger partial charge in [0, 0.05) is 19.4 Å². The highest BCUT2D eigenvalue weighted by atomic mass is 17.1. The summed E-state index contributed by atoms with van der Waals surface area (Å²) in [6.07, 6.45) is 7.12. The first kappa shape index (κ1) is 11.1. The van der Waals surface area contributed by atoms with Gasteiger partial charge in [-0.15, -0.1) is 0 Å². The summed E-state index contributed by atoms with van der Waals surface area (Å²) in [7, 11) is 1.18. The molecular weight excluding hydrogens is 180 g/mol. The van der Waals surface area contributed by atoms with Crippen LogP contribution in [0, 0.1) is 0 Å². The van der Waals surface area contributed by atoms with Crippen molar-refractivity contribution >= 4 is 0 Å². The highest BCUT2D eigenvalue weighted by Crippen LogP contribution is 2.37. The van der Waals surface area contributed by atoms with Crippen molar-refractivity contribution < 1.29 is 11.6 Å². The molecule has 0 unspecified atom stereocenters. The van der Waals surface area contributed by atoms with E-state index in [-0.39, 0.29) is 6.97 Å². The molecule has 0 aromatic carbocycles. The molecule has 1 aromatic rings. The number of nitrogens with two attached hydrogens (primary N) is 1. The third kappa shape index (κ3) is 2.51. The van der Waals surface area contributed by atoms with Crippen LogP contribution in [0.4, 0.5) is 0 Å². The largest absolute Gasteiger partial charge is 0.321 e. The van der Waals surface area contributed by atoms with Crippen LogP contribution in [-0.4, -0.2) is 17.4 Å². The monoisotopic (exact) mass is 198 g/mol. The molecule has 1 aliphatic carbocycles. The average Bonchev–Trinajstić information content (AvgIpc) is 2.17. The molecule has 0 atom stereocenters. The van der Waals surface area contributed by atoms with E-state index in [0.29, 0.717) is 0 Å². The predicted molar refractivity (Wildman–Crippen MR) is 55.7 cm³/mol. The van der Waals surface area contributed by atoms with Crippen molar-refractivity contribution in [3.63, 3.8) is 0 Å². The van der Waals surface area contributed by atoms with Crippen molar-refractivity contribution in [1.82, 2.24) is 4.98 Å². The van der Waals surface area contributed by atoms with Crippen LogP contribution in [0.15, 0.2) is 24.5 Å². The topological polar surface area (TPSA) is 68.4 Å². The first-order valence-electron chi connectivity index (χ1n) is 4.60. The molecule has 2 rings (SSSR count). The minimum absolute atomic E-state index is 0. The van der Waals surface area contributed by atoms with Crippen molar-refractivity contribution in [2.75, 3.05) is 7.11 Å². The van der Waals surface area contributed by atoms with Gasteiger partial charge in [-0.3, -0.25) is 10.2 Å². The highest BCUT2D eigenvalue weighted by Gasteiger charge is 2.33. The molecular formula is C10H18N2O2. The summed E-state index contributed by atoms with van der Waals surface area (Å²) < 4.78 is 0. The van der Waals surface area contributed by atoms with E-state index in [9.17, 15) is 0 Å². The predicted octanol–water partition coefficient (Wildman–Crippen LogP) is 1.77. The Hall–Kier alpha value is -0.970. The van der Waals surface area contributed by atoms with Gasteiger partial charge in [-0.25, -0.2) is 4.89 Å². The maximum absolute atomic E-state index is 7.07. The minimum atomic E-state index is -0.0249. The van der Waals surface area contributed by atoms with Crippen molar-refractivity contribution in [2.24, 2.45) is 5.73 Å². The second kappa shape index (κ2) is 5.05. The molecule has 1 fully saturated rings. The first-order chi connectivity index (χ1) is 6.73. The van der Waals surface area contributed by atoms with Gasteiger partial charge in [0.2, 0.25) is 0 Å². The van der Waals surface area contributed by atoms with E-state index in [1.165, 1.54) is 19.1 Å². The summed E-state index contributed by atoms with van der Waals surface area (Å²) in [4.78, 5) is 7.21. The Bertz CT molecular complexity index is 265. The standard InChI is InChI=1S/C9H12N2.CH4O2.H2/c10-9(4-1-5-9)8-2-6-11-7-3-8;1-3-2;/h2-3,6-7H,1,4-5,10H2;2H,1H3;1H. The Labute approximate surface area is 85.1 Å². The minimum Gasteiger partial charge on any atom is -0.321 e. The van der Waals surface area contributed by atoms with E-state index in [4.69, 9.17) is 11.0 Å². The highest BCUT2D eigenvalue weighted by molar-refractivity contribution is 5.23. The number of nitrogens with zero attached hydrogens (tertiary/aromatic N) is 1. The van der Waals surface area contributed by atoms with E-state index in [1.54, 1.807) is 0 Å². The lowest BCUT2D eigenvalue weighted by Gasteiger charge is -2.38. The lowest BCUT2D eigenvalue weighted by Crippen LogP contribution is -2.43. The fourth-order valence-electron chi connectivity index (χ4n) is 1.53. The zero-order valence-electron chi connectivity index (χ0n) is 8.31. The van der Waals surface area contributed by atoms with Crippen LogP contribution in [0.25, 0.3) is 0 Å². The molecule has 0 bridgehead atoms. The maximum atomic E-state index is 7.07. The molecule has 4 heteroatoms. The van der Waals surface area contributed by atoms with Crippen LogP contribution >= 0.6 is 0 Å². The SMILES string of the molecule is COO.NC1(c2ccncc2)CCC1.[HH]. The first-order valence-corrected chi connectivity index (χ1v) is 4.60. The number of rotatable bonds is 1. The summed E-state index contributed by atoms with van der Waals surface area (Å²) in [5, 5.41) is 7.07. The number of hydrogen-bond donors (Lipinski definition) is 2. The van der Waals surface area contributed by atoms with E-state index in [0.717, 1.165) is 12.8 Å². The van der Waals surface area contributed by atoms with Crippen molar-refractivity contribution in [1.29, 1.82) is 0 Å². The Morgan fingerprint density at radius 2 is 2.00 bits per heavy atom. The van der Waals surface area contributed by atoms with Crippen molar-refractivity contribution in [3.8, 4) is 0 Å². The molecule has 1 heterocycles. The van der Waals surface area contributed by atoms with E-state index >= 15 is 0 Å². The summed E-state index contributed by atoms with van der Waals surface area (Å²) in [6.45, 7) is 0. The van der Waals surface area contributed by atoms with Crippen LogP contribution in [-0.2, 0) is 10.4 Å². The van der Waals surface area contributed by atoms with E-state index in [1.807, 2.05) is 24.5 Å². The molecule has 3 N–H and O–H groups in total. The summed E-state index contributed by atoms with van der Waals surface area (Å²) >= 11 is 0. The Balaban J connectivity index is 0.000000443. The van der Waals surface area contributed by atoms with E-state index in [2.05, 4.69) is 9.87 Å². The van der Waals surface area contributed by atoms with Gasteiger partial charge in [-0.05, 0) is 37.0 Å². The molecule has 0 spiro atoms. The third-order valence-electron chi connectivity index (χ3n) is 2.50. The summed E-state index contributed by atoms with van der Waals surface area (Å²) in [5.74, 6) is 0. The zero-order valence-corrected chi connectivity index (χ0v) is 8.31. The number of hydrogen-bond acceptors (Lipinski definition) is 4. The van der Waals surface area contributed by atoms with Crippen LogP contribution in [0.5, 0.6) is 0 Å². The molecule has 0 saturated heterocycles. The second-order valence-electron chi connectivity index (χ2n) is 3.43. The molecule has 1 aliphatic rings. The second-order valence-corrected chi connectivity index (χ2v) is 3.43. The third-order valence-corrected chi connectivity index (χ3v) is 2.50. The van der Waals surface area contributed by atoms with Gasteiger partial charge in [0.05, 0.1) is 7.11 Å². The average molecular weight is 198 g/mol. The molecule has 14 heavy (non-hydrogen) atoms. The summed E-state index contributed by atoms with van der Waals surface area (Å²) in [6, 6.07) is 4.03. The van der Waals surface area contributed by atoms with Gasteiger partial charge in [-0.2, -0.15) is 0 Å². The number of aromatic nitrogens is 1. The zero-order chi connectivity index (χ0) is 10.4. The van der Waals surface area contributed by atoms with Gasteiger partial charge in [0.25, 0.3) is 0 Å². The Morgan fingerprint density at radius 1 is 1.50 bits per heavy atom.